The average Bonchev–Trinajstić information content (AvgIpc) is 2.17. The van der Waals surface area contributed by atoms with Crippen LogP contribution in [0.2, 0.25) is 39.3 Å². The van der Waals surface area contributed by atoms with Gasteiger partial charge in [0, 0.05) is 6.61 Å². The number of aliphatic hydroxyl groups excluding tert-OH is 1. The zero-order valence-corrected chi connectivity index (χ0v) is 14.5. The smallest absolute Gasteiger partial charge is 0.114 e. The number of phenolic OH excluding ortho intramolecular Hbond substituents is 1. The molecule has 0 radical (unpaired) electrons. The lowest BCUT2D eigenvalue weighted by Gasteiger charge is -2.26. The van der Waals surface area contributed by atoms with Gasteiger partial charge in [-0.15, -0.1) is 0 Å². The lowest BCUT2D eigenvalue weighted by molar-refractivity contribution is 0.299. The van der Waals surface area contributed by atoms with Crippen LogP contribution in [0.5, 0.6) is 5.75 Å². The SMILES string of the molecule is C[Si](C)(C)c1cc(CCO)cc([Si](C)(C)C)c1O. The van der Waals surface area contributed by atoms with Crippen molar-refractivity contribution in [2.45, 2.75) is 45.7 Å². The van der Waals surface area contributed by atoms with Gasteiger partial charge in [0.1, 0.15) is 5.75 Å². The van der Waals surface area contributed by atoms with Gasteiger partial charge in [0.25, 0.3) is 0 Å². The summed E-state index contributed by atoms with van der Waals surface area (Å²) in [4.78, 5) is 0. The molecular formula is C14H26O2Si2. The molecule has 1 aromatic rings. The summed E-state index contributed by atoms with van der Waals surface area (Å²) in [6, 6.07) is 4.20. The van der Waals surface area contributed by atoms with Gasteiger partial charge in [-0.05, 0) is 22.4 Å². The molecule has 0 spiro atoms. The van der Waals surface area contributed by atoms with Gasteiger partial charge in [-0.2, -0.15) is 0 Å². The molecule has 0 aliphatic rings. The minimum Gasteiger partial charge on any atom is -0.508 e. The van der Waals surface area contributed by atoms with Crippen LogP contribution in [0.4, 0.5) is 0 Å². The summed E-state index contributed by atoms with van der Waals surface area (Å²) in [5.74, 6) is 0.523. The van der Waals surface area contributed by atoms with Gasteiger partial charge >= 0.3 is 0 Å². The highest BCUT2D eigenvalue weighted by Gasteiger charge is 2.28. The molecule has 0 aliphatic heterocycles. The first-order valence-corrected chi connectivity index (χ1v) is 13.5. The molecule has 1 rings (SSSR count). The predicted molar refractivity (Wildman–Crippen MR) is 84.9 cm³/mol. The van der Waals surface area contributed by atoms with Crippen molar-refractivity contribution in [1.82, 2.24) is 0 Å². The van der Waals surface area contributed by atoms with E-state index in [0.29, 0.717) is 12.2 Å². The van der Waals surface area contributed by atoms with Crippen LogP contribution in [-0.2, 0) is 6.42 Å². The number of benzene rings is 1. The molecule has 0 atom stereocenters. The van der Waals surface area contributed by atoms with Crippen molar-refractivity contribution in [3.63, 3.8) is 0 Å². The molecule has 2 nitrogen and oxygen atoms in total. The first kappa shape index (κ1) is 15.5. The van der Waals surface area contributed by atoms with Crippen LogP contribution in [0.25, 0.3) is 0 Å². The molecule has 0 fully saturated rings. The minimum atomic E-state index is -1.56. The lowest BCUT2D eigenvalue weighted by Crippen LogP contribution is -2.46. The zero-order chi connectivity index (χ0) is 14.1. The van der Waals surface area contributed by atoms with Crippen molar-refractivity contribution in [3.05, 3.63) is 17.7 Å². The van der Waals surface area contributed by atoms with E-state index in [0.717, 1.165) is 15.9 Å². The topological polar surface area (TPSA) is 40.5 Å². The van der Waals surface area contributed by atoms with E-state index in [1.54, 1.807) is 0 Å². The van der Waals surface area contributed by atoms with Gasteiger partial charge in [0.15, 0.2) is 0 Å². The molecular weight excluding hydrogens is 256 g/mol. The molecule has 4 heteroatoms. The van der Waals surface area contributed by atoms with Crippen LogP contribution >= 0.6 is 0 Å². The van der Waals surface area contributed by atoms with Gasteiger partial charge in [-0.25, -0.2) is 0 Å². The molecule has 1 aromatic carbocycles. The third-order valence-electron chi connectivity index (χ3n) is 3.19. The molecule has 0 saturated heterocycles. The molecule has 0 heterocycles. The number of hydrogen-bond donors (Lipinski definition) is 2. The molecule has 2 N–H and O–H groups in total. The Kier molecular flexibility index (Phi) is 4.46. The van der Waals surface area contributed by atoms with E-state index in [2.05, 4.69) is 51.4 Å². The van der Waals surface area contributed by atoms with E-state index in [-0.39, 0.29) is 6.61 Å². The van der Waals surface area contributed by atoms with Gasteiger partial charge < -0.3 is 10.2 Å². The molecule has 0 saturated carbocycles. The first-order chi connectivity index (χ1) is 8.07. The maximum absolute atomic E-state index is 10.6. The fourth-order valence-electron chi connectivity index (χ4n) is 2.11. The lowest BCUT2D eigenvalue weighted by atomic mass is 10.1. The fraction of sp³-hybridized carbons (Fsp3) is 0.571. The van der Waals surface area contributed by atoms with E-state index in [1.165, 1.54) is 0 Å². The Balaban J connectivity index is 3.48. The van der Waals surface area contributed by atoms with Crippen molar-refractivity contribution in [1.29, 1.82) is 0 Å². The first-order valence-electron chi connectivity index (χ1n) is 6.55. The maximum Gasteiger partial charge on any atom is 0.114 e. The summed E-state index contributed by atoms with van der Waals surface area (Å²) in [5, 5.41) is 22.0. The van der Waals surface area contributed by atoms with E-state index in [1.807, 2.05) is 0 Å². The third-order valence-corrected chi connectivity index (χ3v) is 7.18. The van der Waals surface area contributed by atoms with Crippen LogP contribution in [-0.4, -0.2) is 33.0 Å². The Morgan fingerprint density at radius 2 is 1.28 bits per heavy atom. The minimum absolute atomic E-state index is 0.168. The van der Waals surface area contributed by atoms with Crippen LogP contribution in [0.3, 0.4) is 0 Å². The fourth-order valence-corrected chi connectivity index (χ4v) is 5.16. The van der Waals surface area contributed by atoms with Crippen molar-refractivity contribution < 1.29 is 10.2 Å². The molecule has 102 valence electrons. The van der Waals surface area contributed by atoms with E-state index in [4.69, 9.17) is 5.11 Å². The normalized spacial score (nSPS) is 12.8. The maximum atomic E-state index is 10.6. The third kappa shape index (κ3) is 3.46. The molecule has 0 aliphatic carbocycles. The summed E-state index contributed by atoms with van der Waals surface area (Å²) >= 11 is 0. The Morgan fingerprint density at radius 1 is 0.889 bits per heavy atom. The van der Waals surface area contributed by atoms with E-state index in [9.17, 15) is 5.11 Å². The second-order valence-electron chi connectivity index (χ2n) is 7.01. The van der Waals surface area contributed by atoms with Gasteiger partial charge in [0.05, 0.1) is 16.1 Å². The highest BCUT2D eigenvalue weighted by atomic mass is 28.3. The van der Waals surface area contributed by atoms with E-state index >= 15 is 0 Å². The summed E-state index contributed by atoms with van der Waals surface area (Å²) in [6.45, 7) is 13.7. The average molecular weight is 283 g/mol. The number of aromatic hydroxyl groups is 1. The van der Waals surface area contributed by atoms with Crippen LogP contribution in [0, 0.1) is 0 Å². The standard InChI is InChI=1S/C14H26O2Si2/c1-17(2,3)12-9-11(7-8-15)10-13(14(12)16)18(4,5)6/h9-10,15-16H,7-8H2,1-6H3. The molecule has 0 unspecified atom stereocenters. The van der Waals surface area contributed by atoms with Crippen molar-refractivity contribution in [2.75, 3.05) is 6.61 Å². The summed E-state index contributed by atoms with van der Waals surface area (Å²) in [7, 11) is -3.12. The second-order valence-corrected chi connectivity index (χ2v) is 17.1. The van der Waals surface area contributed by atoms with E-state index < -0.39 is 16.1 Å². The summed E-state index contributed by atoms with van der Waals surface area (Å²) < 4.78 is 0. The Morgan fingerprint density at radius 3 is 1.56 bits per heavy atom. The van der Waals surface area contributed by atoms with Crippen molar-refractivity contribution >= 4 is 26.5 Å². The zero-order valence-electron chi connectivity index (χ0n) is 12.5. The second kappa shape index (κ2) is 5.19. The quantitative estimate of drug-likeness (QED) is 0.830. The summed E-state index contributed by atoms with van der Waals surface area (Å²) in [5.41, 5.74) is 1.16. The summed E-state index contributed by atoms with van der Waals surface area (Å²) in [6.07, 6.45) is 0.676. The largest absolute Gasteiger partial charge is 0.508 e. The predicted octanol–water partition coefficient (Wildman–Crippen LogP) is 2.02. The van der Waals surface area contributed by atoms with Crippen molar-refractivity contribution in [2.24, 2.45) is 0 Å². The highest BCUT2D eigenvalue weighted by molar-refractivity contribution is 6.92. The Labute approximate surface area is 113 Å². The molecule has 0 aromatic heterocycles. The number of phenols is 1. The monoisotopic (exact) mass is 282 g/mol. The van der Waals surface area contributed by atoms with Gasteiger partial charge in [0.2, 0.25) is 0 Å². The Bertz CT molecular complexity index is 393. The molecule has 0 amide bonds. The number of hydrogen-bond acceptors (Lipinski definition) is 2. The van der Waals surface area contributed by atoms with Gasteiger partial charge in [-0.1, -0.05) is 51.4 Å². The van der Waals surface area contributed by atoms with Crippen molar-refractivity contribution in [3.8, 4) is 5.75 Å². The molecule has 18 heavy (non-hydrogen) atoms. The van der Waals surface area contributed by atoms with Crippen LogP contribution in [0.15, 0.2) is 12.1 Å². The number of rotatable bonds is 4. The molecule has 0 bridgehead atoms. The van der Waals surface area contributed by atoms with Gasteiger partial charge in [-0.3, -0.25) is 0 Å². The number of aliphatic hydroxyl groups is 1. The van der Waals surface area contributed by atoms with Crippen LogP contribution < -0.4 is 10.4 Å². The highest BCUT2D eigenvalue weighted by Crippen LogP contribution is 2.18. The Hall–Kier alpha value is -0.586. The van der Waals surface area contributed by atoms with Crippen LogP contribution in [0.1, 0.15) is 5.56 Å².